The van der Waals surface area contributed by atoms with Gasteiger partial charge in [0.05, 0.1) is 17.9 Å². The molecule has 0 radical (unpaired) electrons. The fourth-order valence-electron chi connectivity index (χ4n) is 2.19. The average molecular weight is 367 g/mol. The normalized spacial score (nSPS) is 13.7. The molecule has 0 aliphatic heterocycles. The van der Waals surface area contributed by atoms with Gasteiger partial charge in [0.15, 0.2) is 0 Å². The Morgan fingerprint density at radius 2 is 2.33 bits per heavy atom. The summed E-state index contributed by atoms with van der Waals surface area (Å²) in [4.78, 5) is 28.3. The Morgan fingerprint density at radius 1 is 1.54 bits per heavy atom. The number of carbonyl (C=O) groups is 2. The SMILES string of the molecule is CCOC(=O)c1c(C2CC2)csc1NC(=O)CSc1n[nH]c(N)n1. The Balaban J connectivity index is 1.67. The smallest absolute Gasteiger partial charge is 0.341 e. The van der Waals surface area contributed by atoms with E-state index in [1.165, 1.54) is 11.3 Å². The summed E-state index contributed by atoms with van der Waals surface area (Å²) < 4.78 is 5.13. The fraction of sp³-hybridized carbons (Fsp3) is 0.429. The lowest BCUT2D eigenvalue weighted by Gasteiger charge is -2.07. The van der Waals surface area contributed by atoms with Crippen molar-refractivity contribution in [1.29, 1.82) is 0 Å². The molecule has 1 aliphatic rings. The number of aromatic nitrogens is 3. The predicted octanol–water partition coefficient (Wildman–Crippen LogP) is 2.23. The van der Waals surface area contributed by atoms with E-state index in [0.717, 1.165) is 30.2 Å². The molecule has 8 nitrogen and oxygen atoms in total. The van der Waals surface area contributed by atoms with Crippen molar-refractivity contribution >= 4 is 45.9 Å². The molecule has 2 aromatic rings. The number of nitrogen functional groups attached to an aromatic ring is 1. The molecule has 10 heteroatoms. The summed E-state index contributed by atoms with van der Waals surface area (Å²) in [6.07, 6.45) is 2.14. The number of thiophene rings is 1. The largest absolute Gasteiger partial charge is 0.462 e. The topological polar surface area (TPSA) is 123 Å². The molecule has 0 unspecified atom stereocenters. The van der Waals surface area contributed by atoms with Crippen LogP contribution in [-0.2, 0) is 9.53 Å². The van der Waals surface area contributed by atoms with Crippen molar-refractivity contribution in [3.8, 4) is 0 Å². The first-order chi connectivity index (χ1) is 11.6. The molecule has 0 spiro atoms. The third-order valence-corrected chi connectivity index (χ3v) is 5.14. The number of nitrogens with zero attached hydrogens (tertiary/aromatic N) is 2. The molecule has 1 aliphatic carbocycles. The summed E-state index contributed by atoms with van der Waals surface area (Å²) in [6.45, 7) is 2.06. The predicted molar refractivity (Wildman–Crippen MR) is 92.4 cm³/mol. The van der Waals surface area contributed by atoms with Gasteiger partial charge in [-0.3, -0.25) is 4.79 Å². The number of hydrogen-bond acceptors (Lipinski definition) is 8. The van der Waals surface area contributed by atoms with Gasteiger partial charge >= 0.3 is 5.97 Å². The number of rotatable bonds is 7. The number of amides is 1. The summed E-state index contributed by atoms with van der Waals surface area (Å²) in [7, 11) is 0. The number of hydrogen-bond donors (Lipinski definition) is 3. The monoisotopic (exact) mass is 367 g/mol. The van der Waals surface area contributed by atoms with Crippen molar-refractivity contribution in [2.75, 3.05) is 23.4 Å². The quantitative estimate of drug-likeness (QED) is 0.506. The highest BCUT2D eigenvalue weighted by atomic mass is 32.2. The van der Waals surface area contributed by atoms with Gasteiger partial charge in [0, 0.05) is 0 Å². The van der Waals surface area contributed by atoms with Crippen LogP contribution in [-0.4, -0.2) is 39.4 Å². The van der Waals surface area contributed by atoms with Gasteiger partial charge in [-0.2, -0.15) is 4.98 Å². The highest BCUT2D eigenvalue weighted by molar-refractivity contribution is 7.99. The van der Waals surface area contributed by atoms with Crippen molar-refractivity contribution in [3.63, 3.8) is 0 Å². The maximum atomic E-state index is 12.2. The Hall–Kier alpha value is -2.07. The zero-order valence-electron chi connectivity index (χ0n) is 13.0. The second-order valence-electron chi connectivity index (χ2n) is 5.23. The minimum absolute atomic E-state index is 0.121. The van der Waals surface area contributed by atoms with Crippen molar-refractivity contribution in [3.05, 3.63) is 16.5 Å². The van der Waals surface area contributed by atoms with Gasteiger partial charge in [-0.1, -0.05) is 11.8 Å². The number of thioether (sulfide) groups is 1. The van der Waals surface area contributed by atoms with Crippen LogP contribution in [0, 0.1) is 0 Å². The van der Waals surface area contributed by atoms with E-state index in [-0.39, 0.29) is 23.6 Å². The number of nitrogens with two attached hydrogens (primary N) is 1. The van der Waals surface area contributed by atoms with E-state index in [4.69, 9.17) is 10.5 Å². The number of anilines is 2. The maximum absolute atomic E-state index is 12.2. The average Bonchev–Trinajstić information content (AvgIpc) is 3.18. The summed E-state index contributed by atoms with van der Waals surface area (Å²) in [5.41, 5.74) is 6.90. The number of aromatic amines is 1. The van der Waals surface area contributed by atoms with E-state index in [1.54, 1.807) is 6.92 Å². The number of esters is 1. The number of carbonyl (C=O) groups excluding carboxylic acids is 2. The summed E-state index contributed by atoms with van der Waals surface area (Å²) in [5, 5.41) is 12.0. The lowest BCUT2D eigenvalue weighted by molar-refractivity contribution is -0.113. The third kappa shape index (κ3) is 3.88. The highest BCUT2D eigenvalue weighted by Gasteiger charge is 2.32. The number of ether oxygens (including phenoxy) is 1. The second kappa shape index (κ2) is 7.22. The molecule has 1 amide bonds. The molecule has 2 heterocycles. The van der Waals surface area contributed by atoms with Crippen molar-refractivity contribution in [2.24, 2.45) is 0 Å². The van der Waals surface area contributed by atoms with Gasteiger partial charge in [-0.05, 0) is 36.6 Å². The van der Waals surface area contributed by atoms with Crippen molar-refractivity contribution in [2.45, 2.75) is 30.8 Å². The molecule has 1 saturated carbocycles. The standard InChI is InChI=1S/C14H17N5O3S2/c1-2-22-12(21)10-8(7-3-4-7)5-23-11(10)16-9(20)6-24-14-17-13(15)18-19-14/h5,7H,2-4,6H2,1H3,(H,16,20)(H3,15,17,18,19). The molecule has 128 valence electrons. The van der Waals surface area contributed by atoms with Gasteiger partial charge in [0.25, 0.3) is 0 Å². The van der Waals surface area contributed by atoms with Crippen LogP contribution in [0.3, 0.4) is 0 Å². The summed E-state index contributed by atoms with van der Waals surface area (Å²) in [6, 6.07) is 0. The van der Waals surface area contributed by atoms with Crippen LogP contribution in [0.4, 0.5) is 10.9 Å². The van der Waals surface area contributed by atoms with E-state index >= 15 is 0 Å². The zero-order valence-corrected chi connectivity index (χ0v) is 14.6. The maximum Gasteiger partial charge on any atom is 0.341 e. The van der Waals surface area contributed by atoms with E-state index in [2.05, 4.69) is 20.5 Å². The number of nitrogens with one attached hydrogen (secondary N) is 2. The van der Waals surface area contributed by atoms with Gasteiger partial charge < -0.3 is 15.8 Å². The van der Waals surface area contributed by atoms with Crippen molar-refractivity contribution < 1.29 is 14.3 Å². The Kier molecular flexibility index (Phi) is 5.05. The summed E-state index contributed by atoms with van der Waals surface area (Å²) >= 11 is 2.51. The molecular weight excluding hydrogens is 350 g/mol. The molecule has 24 heavy (non-hydrogen) atoms. The van der Waals surface area contributed by atoms with Gasteiger partial charge in [0.2, 0.25) is 17.0 Å². The Bertz CT molecular complexity index is 753. The molecule has 0 bridgehead atoms. The molecule has 0 atom stereocenters. The molecular formula is C14H17N5O3S2. The van der Waals surface area contributed by atoms with Crippen LogP contribution in [0.15, 0.2) is 10.5 Å². The lowest BCUT2D eigenvalue weighted by Crippen LogP contribution is -2.16. The number of H-pyrrole nitrogens is 1. The van der Waals surface area contributed by atoms with Gasteiger partial charge in [-0.15, -0.1) is 16.4 Å². The van der Waals surface area contributed by atoms with Crippen LogP contribution in [0.2, 0.25) is 0 Å². The fourth-order valence-corrected chi connectivity index (χ4v) is 3.84. The first-order valence-corrected chi connectivity index (χ1v) is 9.34. The molecule has 4 N–H and O–H groups in total. The molecule has 3 rings (SSSR count). The second-order valence-corrected chi connectivity index (χ2v) is 7.05. The van der Waals surface area contributed by atoms with Crippen LogP contribution >= 0.6 is 23.1 Å². The molecule has 0 saturated heterocycles. The van der Waals surface area contributed by atoms with Crippen LogP contribution in [0.1, 0.15) is 41.6 Å². The van der Waals surface area contributed by atoms with E-state index in [1.807, 2.05) is 5.38 Å². The first-order valence-electron chi connectivity index (χ1n) is 7.47. The zero-order chi connectivity index (χ0) is 17.1. The van der Waals surface area contributed by atoms with Crippen LogP contribution in [0.5, 0.6) is 0 Å². The minimum atomic E-state index is -0.384. The van der Waals surface area contributed by atoms with E-state index < -0.39 is 0 Å². The van der Waals surface area contributed by atoms with Crippen molar-refractivity contribution in [1.82, 2.24) is 15.2 Å². The van der Waals surface area contributed by atoms with Crippen LogP contribution in [0.25, 0.3) is 0 Å². The molecule has 0 aromatic carbocycles. The van der Waals surface area contributed by atoms with E-state index in [9.17, 15) is 9.59 Å². The highest BCUT2D eigenvalue weighted by Crippen LogP contribution is 2.46. The van der Waals surface area contributed by atoms with Gasteiger partial charge in [-0.25, -0.2) is 9.89 Å². The summed E-state index contributed by atoms with van der Waals surface area (Å²) in [5.74, 6) is 0.103. The van der Waals surface area contributed by atoms with E-state index in [0.29, 0.717) is 28.2 Å². The third-order valence-electron chi connectivity index (χ3n) is 3.38. The lowest BCUT2D eigenvalue weighted by atomic mass is 10.1. The molecule has 2 aromatic heterocycles. The van der Waals surface area contributed by atoms with Crippen LogP contribution < -0.4 is 11.1 Å². The Labute approximate surface area is 146 Å². The molecule has 1 fully saturated rings. The van der Waals surface area contributed by atoms with Gasteiger partial charge in [0.1, 0.15) is 5.00 Å². The first kappa shape index (κ1) is 16.8. The Morgan fingerprint density at radius 3 is 2.96 bits per heavy atom. The minimum Gasteiger partial charge on any atom is -0.462 e.